The zero-order valence-corrected chi connectivity index (χ0v) is 13.7. The van der Waals surface area contributed by atoms with Crippen molar-refractivity contribution < 1.29 is 9.59 Å². The lowest BCUT2D eigenvalue weighted by atomic mass is 10.00. The van der Waals surface area contributed by atoms with Crippen molar-refractivity contribution >= 4 is 17.1 Å². The molecule has 0 unspecified atom stereocenters. The summed E-state index contributed by atoms with van der Waals surface area (Å²) in [4.78, 5) is 37.1. The van der Waals surface area contributed by atoms with Gasteiger partial charge in [0.2, 0.25) is 0 Å². The Hall–Kier alpha value is -3.73. The number of hydrogen-bond donors (Lipinski definition) is 0. The van der Waals surface area contributed by atoms with Gasteiger partial charge in [-0.3, -0.25) is 14.6 Å². The minimum Gasteiger partial charge on any atom is -0.290 e. The molecule has 0 aliphatic heterocycles. The van der Waals surface area contributed by atoms with E-state index in [-0.39, 0.29) is 11.6 Å². The molecule has 0 bridgehead atoms. The molecule has 0 radical (unpaired) electrons. The van der Waals surface area contributed by atoms with E-state index in [9.17, 15) is 9.59 Å². The largest absolute Gasteiger partial charge is 0.290 e. The average molecular weight is 339 g/mol. The fraction of sp³-hybridized carbons (Fsp3) is 0. The first-order chi connectivity index (χ1) is 12.7. The molecule has 0 fully saturated rings. The van der Waals surface area contributed by atoms with Crippen LogP contribution in [0.2, 0.25) is 0 Å². The summed E-state index contributed by atoms with van der Waals surface area (Å²) in [5, 5.41) is 0. The minimum absolute atomic E-state index is 0.220. The molecule has 26 heavy (non-hydrogen) atoms. The van der Waals surface area contributed by atoms with Crippen LogP contribution in [0.1, 0.15) is 5.69 Å². The normalized spacial score (nSPS) is 13.6. The van der Waals surface area contributed by atoms with E-state index in [1.54, 1.807) is 18.3 Å². The lowest BCUT2D eigenvalue weighted by molar-refractivity contribution is -0.113. The van der Waals surface area contributed by atoms with Gasteiger partial charge in [0.25, 0.3) is 0 Å². The molecule has 4 rings (SSSR count). The first-order valence-electron chi connectivity index (χ1n) is 8.05. The summed E-state index contributed by atoms with van der Waals surface area (Å²) in [5.41, 5.74) is 3.54. The summed E-state index contributed by atoms with van der Waals surface area (Å²) in [7, 11) is 0. The first-order valence-corrected chi connectivity index (χ1v) is 8.05. The molecule has 3 aromatic heterocycles. The van der Waals surface area contributed by atoms with Crippen LogP contribution in [0, 0.1) is 0 Å². The average Bonchev–Trinajstić information content (AvgIpc) is 2.71. The summed E-state index contributed by atoms with van der Waals surface area (Å²) in [5.74, 6) is -0.452. The SMILES string of the molecule is O=C1C=CC(=O)C(c2cccc(-c3cccc(-c4ccccn4)n3)n2)=C1. The predicted octanol–water partition coefficient (Wildman–Crippen LogP) is 3.30. The van der Waals surface area contributed by atoms with Gasteiger partial charge in [-0.1, -0.05) is 18.2 Å². The second-order valence-corrected chi connectivity index (χ2v) is 5.69. The van der Waals surface area contributed by atoms with Gasteiger partial charge in [0.05, 0.1) is 34.0 Å². The van der Waals surface area contributed by atoms with Crippen LogP contribution in [0.5, 0.6) is 0 Å². The van der Waals surface area contributed by atoms with Crippen molar-refractivity contribution in [2.24, 2.45) is 0 Å². The van der Waals surface area contributed by atoms with Gasteiger partial charge >= 0.3 is 0 Å². The molecule has 0 N–H and O–H groups in total. The summed E-state index contributed by atoms with van der Waals surface area (Å²) in [6, 6.07) is 16.6. The summed E-state index contributed by atoms with van der Waals surface area (Å²) in [6.45, 7) is 0. The Morgan fingerprint density at radius 1 is 0.615 bits per heavy atom. The van der Waals surface area contributed by atoms with Crippen molar-refractivity contribution in [1.29, 1.82) is 0 Å². The number of carbonyl (C=O) groups is 2. The Morgan fingerprint density at radius 2 is 1.23 bits per heavy atom. The van der Waals surface area contributed by atoms with Crippen molar-refractivity contribution in [2.45, 2.75) is 0 Å². The van der Waals surface area contributed by atoms with Crippen molar-refractivity contribution in [1.82, 2.24) is 15.0 Å². The third-order valence-electron chi connectivity index (χ3n) is 3.91. The van der Waals surface area contributed by atoms with E-state index in [1.807, 2.05) is 42.5 Å². The van der Waals surface area contributed by atoms with Crippen LogP contribution in [0.25, 0.3) is 28.3 Å². The van der Waals surface area contributed by atoms with E-state index < -0.39 is 0 Å². The van der Waals surface area contributed by atoms with E-state index in [4.69, 9.17) is 0 Å². The Morgan fingerprint density at radius 3 is 1.92 bits per heavy atom. The van der Waals surface area contributed by atoms with Crippen LogP contribution in [0.3, 0.4) is 0 Å². The van der Waals surface area contributed by atoms with Crippen LogP contribution >= 0.6 is 0 Å². The van der Waals surface area contributed by atoms with Gasteiger partial charge in [-0.15, -0.1) is 0 Å². The third-order valence-corrected chi connectivity index (χ3v) is 3.91. The third kappa shape index (κ3) is 3.10. The lowest BCUT2D eigenvalue weighted by Crippen LogP contribution is -2.08. The molecular formula is C21H13N3O2. The fourth-order valence-corrected chi connectivity index (χ4v) is 2.67. The predicted molar refractivity (Wildman–Crippen MR) is 97.8 cm³/mol. The van der Waals surface area contributed by atoms with Gasteiger partial charge in [-0.05, 0) is 54.6 Å². The monoisotopic (exact) mass is 339 g/mol. The van der Waals surface area contributed by atoms with E-state index in [0.29, 0.717) is 22.7 Å². The van der Waals surface area contributed by atoms with E-state index in [1.165, 1.54) is 18.2 Å². The van der Waals surface area contributed by atoms with Gasteiger partial charge in [0.1, 0.15) is 0 Å². The van der Waals surface area contributed by atoms with E-state index in [2.05, 4.69) is 15.0 Å². The maximum Gasteiger partial charge on any atom is 0.188 e. The van der Waals surface area contributed by atoms with Gasteiger partial charge in [-0.25, -0.2) is 9.97 Å². The maximum atomic E-state index is 12.1. The van der Waals surface area contributed by atoms with Gasteiger partial charge < -0.3 is 0 Å². The van der Waals surface area contributed by atoms with Crippen molar-refractivity contribution in [2.75, 3.05) is 0 Å². The Bertz CT molecular complexity index is 1070. The molecule has 3 heterocycles. The molecule has 1 aliphatic rings. The van der Waals surface area contributed by atoms with E-state index in [0.717, 1.165) is 11.4 Å². The number of pyridine rings is 3. The number of rotatable bonds is 3. The van der Waals surface area contributed by atoms with Crippen LogP contribution in [-0.4, -0.2) is 26.5 Å². The highest BCUT2D eigenvalue weighted by Crippen LogP contribution is 2.23. The molecule has 0 aromatic carbocycles. The molecule has 3 aromatic rings. The number of ketones is 2. The smallest absolute Gasteiger partial charge is 0.188 e. The molecule has 124 valence electrons. The number of nitrogens with zero attached hydrogens (tertiary/aromatic N) is 3. The van der Waals surface area contributed by atoms with Gasteiger partial charge in [0, 0.05) is 6.20 Å². The van der Waals surface area contributed by atoms with Crippen LogP contribution < -0.4 is 0 Å². The molecular weight excluding hydrogens is 326 g/mol. The second kappa shape index (κ2) is 6.64. The number of aromatic nitrogens is 3. The molecule has 0 atom stereocenters. The first kappa shape index (κ1) is 15.8. The quantitative estimate of drug-likeness (QED) is 0.685. The van der Waals surface area contributed by atoms with Crippen LogP contribution in [0.15, 0.2) is 79.0 Å². The van der Waals surface area contributed by atoms with Crippen LogP contribution in [-0.2, 0) is 9.59 Å². The number of allylic oxidation sites excluding steroid dienone is 4. The van der Waals surface area contributed by atoms with Crippen molar-refractivity contribution in [3.63, 3.8) is 0 Å². The Kier molecular flexibility index (Phi) is 4.03. The fourth-order valence-electron chi connectivity index (χ4n) is 2.67. The topological polar surface area (TPSA) is 72.8 Å². The molecule has 0 spiro atoms. The molecule has 0 saturated heterocycles. The number of hydrogen-bond acceptors (Lipinski definition) is 5. The standard InChI is InChI=1S/C21H13N3O2/c25-14-10-11-21(26)15(13-14)16-6-3-8-19(23-16)20-9-4-7-18(24-20)17-5-1-2-12-22-17/h1-13H. The summed E-state index contributed by atoms with van der Waals surface area (Å²) >= 11 is 0. The zero-order valence-electron chi connectivity index (χ0n) is 13.7. The highest BCUT2D eigenvalue weighted by atomic mass is 16.1. The Balaban J connectivity index is 1.74. The molecule has 1 aliphatic carbocycles. The minimum atomic E-state index is -0.232. The van der Waals surface area contributed by atoms with Crippen LogP contribution in [0.4, 0.5) is 0 Å². The van der Waals surface area contributed by atoms with Gasteiger partial charge in [0.15, 0.2) is 11.6 Å². The van der Waals surface area contributed by atoms with Crippen molar-refractivity contribution in [3.05, 3.63) is 84.7 Å². The zero-order chi connectivity index (χ0) is 17.9. The lowest BCUT2D eigenvalue weighted by Gasteiger charge is -2.09. The molecule has 5 heteroatoms. The van der Waals surface area contributed by atoms with E-state index >= 15 is 0 Å². The van der Waals surface area contributed by atoms with Gasteiger partial charge in [-0.2, -0.15) is 0 Å². The molecule has 5 nitrogen and oxygen atoms in total. The Labute approximate surface area is 149 Å². The number of carbonyl (C=O) groups excluding carboxylic acids is 2. The maximum absolute atomic E-state index is 12.1. The highest BCUT2D eigenvalue weighted by Gasteiger charge is 2.17. The summed E-state index contributed by atoms with van der Waals surface area (Å²) < 4.78 is 0. The highest BCUT2D eigenvalue weighted by molar-refractivity contribution is 6.33. The van der Waals surface area contributed by atoms with Crippen molar-refractivity contribution in [3.8, 4) is 22.8 Å². The second-order valence-electron chi connectivity index (χ2n) is 5.69. The summed E-state index contributed by atoms with van der Waals surface area (Å²) in [6.07, 6.45) is 5.56. The molecule has 0 amide bonds. The molecule has 0 saturated carbocycles.